The number of nitrogens with two attached hydrogens (primary N) is 1. The summed E-state index contributed by atoms with van der Waals surface area (Å²) in [5, 5.41) is 7.67. The number of nitrogens with zero attached hydrogens (tertiary/aromatic N) is 2. The lowest BCUT2D eigenvalue weighted by Gasteiger charge is -2.01. The van der Waals surface area contributed by atoms with Crippen LogP contribution in [0, 0.1) is 0 Å². The van der Waals surface area contributed by atoms with Crippen LogP contribution in [0.5, 0.6) is 0 Å². The van der Waals surface area contributed by atoms with Gasteiger partial charge in [-0.25, -0.2) is 9.97 Å². The third-order valence-electron chi connectivity index (χ3n) is 2.29. The first-order valence-electron chi connectivity index (χ1n) is 5.64. The van der Waals surface area contributed by atoms with Crippen LogP contribution in [0.4, 0.5) is 5.13 Å². The number of carbonyl (C=O) groups excluding carboxylic acids is 1. The number of aromatic nitrogens is 2. The Morgan fingerprint density at radius 3 is 2.95 bits per heavy atom. The minimum atomic E-state index is -0.133. The first-order valence-corrected chi connectivity index (χ1v) is 8.80. The van der Waals surface area contributed by atoms with Crippen LogP contribution in [0.1, 0.15) is 16.9 Å². The highest BCUT2D eigenvalue weighted by atomic mass is 32.2. The van der Waals surface area contributed by atoms with Crippen molar-refractivity contribution >= 4 is 45.5 Å². The fourth-order valence-corrected chi connectivity index (χ4v) is 3.21. The van der Waals surface area contributed by atoms with Crippen molar-refractivity contribution in [2.75, 3.05) is 24.3 Å². The van der Waals surface area contributed by atoms with Crippen molar-refractivity contribution in [1.29, 1.82) is 0 Å². The van der Waals surface area contributed by atoms with Gasteiger partial charge in [-0.1, -0.05) is 0 Å². The number of carbonyl (C=O) groups is 1. The van der Waals surface area contributed by atoms with E-state index in [1.54, 1.807) is 17.1 Å². The van der Waals surface area contributed by atoms with Gasteiger partial charge in [0.1, 0.15) is 16.4 Å². The van der Waals surface area contributed by atoms with E-state index in [9.17, 15) is 4.79 Å². The first-order chi connectivity index (χ1) is 9.20. The van der Waals surface area contributed by atoms with Gasteiger partial charge in [-0.3, -0.25) is 4.79 Å². The van der Waals surface area contributed by atoms with Gasteiger partial charge in [0.25, 0.3) is 5.91 Å². The first kappa shape index (κ1) is 14.3. The van der Waals surface area contributed by atoms with Gasteiger partial charge in [0.15, 0.2) is 5.13 Å². The average Bonchev–Trinajstić information content (AvgIpc) is 3.02. The van der Waals surface area contributed by atoms with Crippen molar-refractivity contribution in [3.63, 3.8) is 0 Å². The molecule has 0 aliphatic carbocycles. The molecular formula is C11H14N4OS3. The number of hydrogen-bond acceptors (Lipinski definition) is 7. The summed E-state index contributed by atoms with van der Waals surface area (Å²) in [5.74, 6) is 0.910. The second-order valence-electron chi connectivity index (χ2n) is 3.71. The Kier molecular flexibility index (Phi) is 5.17. The van der Waals surface area contributed by atoms with Crippen LogP contribution in [0.3, 0.4) is 0 Å². The summed E-state index contributed by atoms with van der Waals surface area (Å²) >= 11 is 4.54. The average molecular weight is 314 g/mol. The molecule has 0 saturated heterocycles. The molecule has 2 aromatic heterocycles. The Bertz CT molecular complexity index is 552. The third-order valence-corrected chi connectivity index (χ3v) is 4.52. The van der Waals surface area contributed by atoms with Gasteiger partial charge in [-0.2, -0.15) is 11.8 Å². The number of amides is 1. The number of nitrogen functional groups attached to an aromatic ring is 1. The molecule has 5 nitrogen and oxygen atoms in total. The Balaban J connectivity index is 1.95. The zero-order chi connectivity index (χ0) is 13.7. The third kappa shape index (κ3) is 3.92. The van der Waals surface area contributed by atoms with Crippen molar-refractivity contribution < 1.29 is 4.79 Å². The maximum absolute atomic E-state index is 11.8. The van der Waals surface area contributed by atoms with Crippen molar-refractivity contribution in [3.8, 4) is 10.7 Å². The second-order valence-corrected chi connectivity index (χ2v) is 6.44. The number of anilines is 1. The van der Waals surface area contributed by atoms with Gasteiger partial charge >= 0.3 is 0 Å². The largest absolute Gasteiger partial charge is 0.375 e. The lowest BCUT2D eigenvalue weighted by atomic mass is 10.4. The smallest absolute Gasteiger partial charge is 0.270 e. The molecule has 0 aromatic carbocycles. The van der Waals surface area contributed by atoms with Gasteiger partial charge in [0.2, 0.25) is 0 Å². The predicted molar refractivity (Wildman–Crippen MR) is 83.0 cm³/mol. The normalized spacial score (nSPS) is 10.6. The van der Waals surface area contributed by atoms with Crippen LogP contribution in [-0.2, 0) is 0 Å². The Morgan fingerprint density at radius 2 is 2.26 bits per heavy atom. The summed E-state index contributed by atoms with van der Waals surface area (Å²) in [6.45, 7) is 0.677. The molecule has 8 heteroatoms. The van der Waals surface area contributed by atoms with Gasteiger partial charge in [0, 0.05) is 17.3 Å². The van der Waals surface area contributed by atoms with Crippen molar-refractivity contribution in [1.82, 2.24) is 15.3 Å². The molecule has 102 valence electrons. The van der Waals surface area contributed by atoms with E-state index in [2.05, 4.69) is 15.3 Å². The topological polar surface area (TPSA) is 80.9 Å². The Hall–Kier alpha value is -1.12. The maximum atomic E-state index is 11.8. The van der Waals surface area contributed by atoms with Crippen molar-refractivity contribution in [3.05, 3.63) is 16.5 Å². The minimum absolute atomic E-state index is 0.133. The molecule has 0 fully saturated rings. The SMILES string of the molecule is CSCCCNC(=O)c1csc(-c2csc(N)n2)n1. The molecule has 0 bridgehead atoms. The molecule has 0 radical (unpaired) electrons. The zero-order valence-corrected chi connectivity index (χ0v) is 12.8. The summed E-state index contributed by atoms with van der Waals surface area (Å²) < 4.78 is 0. The highest BCUT2D eigenvalue weighted by Crippen LogP contribution is 2.26. The number of nitrogens with one attached hydrogen (secondary N) is 1. The standard InChI is InChI=1S/C11H14N4OS3/c1-17-4-2-3-13-9(16)7-5-18-10(14-7)8-6-19-11(12)15-8/h5-6H,2-4H2,1H3,(H2,12,15)(H,13,16). The van der Waals surface area contributed by atoms with Crippen LogP contribution in [0.25, 0.3) is 10.7 Å². The van der Waals surface area contributed by atoms with E-state index >= 15 is 0 Å². The van der Waals surface area contributed by atoms with Crippen LogP contribution in [0.15, 0.2) is 10.8 Å². The van der Waals surface area contributed by atoms with Gasteiger partial charge in [-0.15, -0.1) is 22.7 Å². The summed E-state index contributed by atoms with van der Waals surface area (Å²) in [6.07, 6.45) is 3.01. The summed E-state index contributed by atoms with van der Waals surface area (Å²) in [4.78, 5) is 20.3. The maximum Gasteiger partial charge on any atom is 0.270 e. The fourth-order valence-electron chi connectivity index (χ4n) is 1.39. The van der Waals surface area contributed by atoms with E-state index in [1.807, 2.05) is 11.6 Å². The van der Waals surface area contributed by atoms with Crippen molar-refractivity contribution in [2.45, 2.75) is 6.42 Å². The molecule has 2 heterocycles. The van der Waals surface area contributed by atoms with Crippen LogP contribution >= 0.6 is 34.4 Å². The second kappa shape index (κ2) is 6.88. The van der Waals surface area contributed by atoms with Crippen LogP contribution in [0.2, 0.25) is 0 Å². The Morgan fingerprint density at radius 1 is 1.42 bits per heavy atom. The number of hydrogen-bond donors (Lipinski definition) is 2. The molecule has 0 saturated carbocycles. The van der Waals surface area contributed by atoms with E-state index in [-0.39, 0.29) is 5.91 Å². The molecule has 0 aliphatic heterocycles. The van der Waals surface area contributed by atoms with Gasteiger partial charge < -0.3 is 11.1 Å². The fraction of sp³-hybridized carbons (Fsp3) is 0.364. The van der Waals surface area contributed by atoms with Crippen molar-refractivity contribution in [2.24, 2.45) is 0 Å². The van der Waals surface area contributed by atoms with E-state index in [4.69, 9.17) is 5.73 Å². The number of rotatable bonds is 6. The van der Waals surface area contributed by atoms with E-state index in [0.29, 0.717) is 17.4 Å². The van der Waals surface area contributed by atoms with Gasteiger partial charge in [-0.05, 0) is 18.4 Å². The van der Waals surface area contributed by atoms with E-state index in [1.165, 1.54) is 22.7 Å². The lowest BCUT2D eigenvalue weighted by Crippen LogP contribution is -2.25. The molecule has 1 amide bonds. The molecule has 2 rings (SSSR count). The molecule has 0 spiro atoms. The molecule has 19 heavy (non-hydrogen) atoms. The lowest BCUT2D eigenvalue weighted by molar-refractivity contribution is 0.0949. The molecular weight excluding hydrogens is 300 g/mol. The van der Waals surface area contributed by atoms with Crippen LogP contribution < -0.4 is 11.1 Å². The number of thioether (sulfide) groups is 1. The van der Waals surface area contributed by atoms with Gasteiger partial charge in [0.05, 0.1) is 0 Å². The highest BCUT2D eigenvalue weighted by Gasteiger charge is 2.12. The van der Waals surface area contributed by atoms with E-state index < -0.39 is 0 Å². The monoisotopic (exact) mass is 314 g/mol. The zero-order valence-electron chi connectivity index (χ0n) is 10.4. The highest BCUT2D eigenvalue weighted by molar-refractivity contribution is 7.98. The molecule has 3 N–H and O–H groups in total. The molecule has 0 aliphatic rings. The molecule has 2 aromatic rings. The summed E-state index contributed by atoms with van der Waals surface area (Å²) in [5.41, 5.74) is 6.75. The molecule has 0 unspecified atom stereocenters. The summed E-state index contributed by atoms with van der Waals surface area (Å²) in [7, 11) is 0. The quantitative estimate of drug-likeness (QED) is 0.800. The molecule has 0 atom stereocenters. The predicted octanol–water partition coefficient (Wildman–Crippen LogP) is 2.33. The minimum Gasteiger partial charge on any atom is -0.375 e. The van der Waals surface area contributed by atoms with Crippen LogP contribution in [-0.4, -0.2) is 34.4 Å². The summed E-state index contributed by atoms with van der Waals surface area (Å²) in [6, 6.07) is 0. The van der Waals surface area contributed by atoms with E-state index in [0.717, 1.165) is 22.9 Å². The number of thiazole rings is 2. The Labute approximate surface area is 123 Å².